The lowest BCUT2D eigenvalue weighted by Crippen LogP contribution is -3.00. The molecule has 0 radical (unpaired) electrons. The highest BCUT2D eigenvalue weighted by atomic mass is 35.5. The number of ether oxygens (including phenoxy) is 1. The Balaban J connectivity index is 0.00000705. The van der Waals surface area contributed by atoms with E-state index in [0.717, 1.165) is 17.7 Å². The number of rotatable bonds is 15. The fourth-order valence-electron chi connectivity index (χ4n) is 3.92. The fourth-order valence-corrected chi connectivity index (χ4v) is 6.22. The van der Waals surface area contributed by atoms with Gasteiger partial charge in [-0.1, -0.05) is 26.6 Å². The van der Waals surface area contributed by atoms with Crippen LogP contribution in [-0.2, 0) is 31.1 Å². The summed E-state index contributed by atoms with van der Waals surface area (Å²) in [5.74, 6) is -2.81. The molecule has 3 rings (SSSR count). The van der Waals surface area contributed by atoms with Gasteiger partial charge >= 0.3 is 24.1 Å². The molecule has 2 atom stereocenters. The first-order valence-electron chi connectivity index (χ1n) is 12.9. The Bertz CT molecular complexity index is 1540. The van der Waals surface area contributed by atoms with Crippen LogP contribution in [0.4, 0.5) is 13.2 Å². The Labute approximate surface area is 268 Å². The van der Waals surface area contributed by atoms with Gasteiger partial charge in [-0.15, -0.1) is 0 Å². The quantitative estimate of drug-likeness (QED) is 0.0644. The van der Waals surface area contributed by atoms with E-state index in [2.05, 4.69) is 20.6 Å². The van der Waals surface area contributed by atoms with Crippen molar-refractivity contribution in [2.24, 2.45) is 5.73 Å². The van der Waals surface area contributed by atoms with Gasteiger partial charge in [0.05, 0.1) is 24.6 Å². The molecular formula is C26H30ClF3N6O7S2. The van der Waals surface area contributed by atoms with Crippen LogP contribution in [0.5, 0.6) is 5.75 Å². The average molecular weight is 695 g/mol. The van der Waals surface area contributed by atoms with Gasteiger partial charge in [0, 0.05) is 23.8 Å². The Kier molecular flexibility index (Phi) is 13.8. The second-order valence-electron chi connectivity index (χ2n) is 9.38. The number of carboxylic acid groups (broad SMARTS) is 2. The smallest absolute Gasteiger partial charge is 0.416 e. The van der Waals surface area contributed by atoms with Crippen LogP contribution in [0.25, 0.3) is 17.0 Å². The van der Waals surface area contributed by atoms with Gasteiger partial charge in [-0.3, -0.25) is 19.2 Å². The summed E-state index contributed by atoms with van der Waals surface area (Å²) in [6.45, 7) is 1.13. The second-order valence-corrected chi connectivity index (χ2v) is 11.9. The number of nitrogens with two attached hydrogens (primary N) is 1. The van der Waals surface area contributed by atoms with Crippen LogP contribution < -0.4 is 38.1 Å². The highest BCUT2D eigenvalue weighted by Crippen LogP contribution is 2.32. The number of carboxylic acids is 2. The predicted molar refractivity (Wildman–Crippen MR) is 155 cm³/mol. The second kappa shape index (κ2) is 16.5. The third-order valence-electron chi connectivity index (χ3n) is 6.29. The number of pyridine rings is 1. The molecule has 0 bridgehead atoms. The van der Waals surface area contributed by atoms with E-state index in [-0.39, 0.29) is 42.5 Å². The van der Waals surface area contributed by atoms with Crippen LogP contribution in [0, 0.1) is 6.92 Å². The maximum absolute atomic E-state index is 13.2. The van der Waals surface area contributed by atoms with Crippen molar-refractivity contribution < 1.29 is 64.3 Å². The van der Waals surface area contributed by atoms with Crippen LogP contribution >= 0.6 is 21.6 Å². The maximum atomic E-state index is 13.2. The zero-order valence-electron chi connectivity index (χ0n) is 23.8. The van der Waals surface area contributed by atoms with Crippen molar-refractivity contribution in [1.29, 1.82) is 0 Å². The number of nitrogens with one attached hydrogen (secondary N) is 3. The molecule has 0 spiro atoms. The van der Waals surface area contributed by atoms with Crippen molar-refractivity contribution in [2.45, 2.75) is 43.8 Å². The van der Waals surface area contributed by atoms with Crippen LogP contribution in [0.1, 0.15) is 29.7 Å². The zero-order valence-corrected chi connectivity index (χ0v) is 26.2. The molecule has 2 aromatic heterocycles. The number of benzene rings is 1. The summed E-state index contributed by atoms with van der Waals surface area (Å²) < 4.78 is 46.7. The van der Waals surface area contributed by atoms with Crippen molar-refractivity contribution >= 4 is 56.4 Å². The van der Waals surface area contributed by atoms with Crippen molar-refractivity contribution in [3.05, 3.63) is 47.3 Å². The van der Waals surface area contributed by atoms with E-state index in [1.165, 1.54) is 34.8 Å². The zero-order chi connectivity index (χ0) is 32.6. The number of nitrogens with zero attached hydrogens (tertiary/aromatic N) is 2. The van der Waals surface area contributed by atoms with Crippen molar-refractivity contribution in [2.75, 3.05) is 19.4 Å². The normalized spacial score (nSPS) is 12.6. The summed E-state index contributed by atoms with van der Waals surface area (Å²) in [4.78, 5) is 54.2. The molecule has 0 saturated carbocycles. The molecule has 246 valence electrons. The Hall–Kier alpha value is -3.74. The molecular weight excluding hydrogens is 665 g/mol. The van der Waals surface area contributed by atoms with Gasteiger partial charge in [-0.2, -0.15) is 13.2 Å². The molecule has 19 heteroatoms. The van der Waals surface area contributed by atoms with Gasteiger partial charge < -0.3 is 43.7 Å². The van der Waals surface area contributed by atoms with E-state index in [1.54, 1.807) is 23.8 Å². The maximum Gasteiger partial charge on any atom is 0.416 e. The average Bonchev–Trinajstić information content (AvgIpc) is 3.39. The Morgan fingerprint density at radius 1 is 1.18 bits per heavy atom. The number of hydrogen-bond acceptors (Lipinski definition) is 9. The molecule has 7 N–H and O–H groups in total. The van der Waals surface area contributed by atoms with Crippen LogP contribution in [-0.4, -0.2) is 75.4 Å². The van der Waals surface area contributed by atoms with E-state index < -0.39 is 54.1 Å². The molecule has 0 unspecified atom stereocenters. The van der Waals surface area contributed by atoms with E-state index in [4.69, 9.17) is 20.7 Å². The largest absolute Gasteiger partial charge is 1.00 e. The minimum atomic E-state index is -4.52. The summed E-state index contributed by atoms with van der Waals surface area (Å²) in [6, 6.07) is 2.48. The number of carbonyl (C=O) groups is 4. The molecule has 13 nitrogen and oxygen atoms in total. The Morgan fingerprint density at radius 2 is 1.89 bits per heavy atom. The number of H-pyrrole nitrogens is 1. The number of alkyl halides is 3. The van der Waals surface area contributed by atoms with E-state index in [1.807, 2.05) is 0 Å². The number of amides is 2. The summed E-state index contributed by atoms with van der Waals surface area (Å²) in [5, 5.41) is 22.5. The topological polar surface area (TPSA) is 201 Å². The van der Waals surface area contributed by atoms with E-state index in [9.17, 15) is 32.3 Å². The van der Waals surface area contributed by atoms with E-state index in [0.29, 0.717) is 22.7 Å². The molecule has 0 aliphatic rings. The predicted octanol–water partition coefficient (Wildman–Crippen LogP) is -1.06. The molecule has 0 fully saturated rings. The summed E-state index contributed by atoms with van der Waals surface area (Å²) in [7, 11) is 3.97. The number of aliphatic carboxylic acids is 2. The van der Waals surface area contributed by atoms with Gasteiger partial charge in [-0.25, -0.2) is 9.55 Å². The first kappa shape index (κ1) is 37.4. The van der Waals surface area contributed by atoms with Crippen LogP contribution in [0.15, 0.2) is 30.5 Å². The Morgan fingerprint density at radius 3 is 2.51 bits per heavy atom. The summed E-state index contributed by atoms with van der Waals surface area (Å²) in [6.07, 6.45) is -3.30. The number of halogens is 4. The number of methoxy groups -OCH3 is 1. The minimum absolute atomic E-state index is 0. The van der Waals surface area contributed by atoms with Gasteiger partial charge in [0.15, 0.2) is 5.52 Å². The molecule has 0 aliphatic heterocycles. The molecule has 0 aliphatic carbocycles. The SMILES string of the molecule is COc1cc[n+](-c2nc3ccc(C(F)(F)F)cc3[nH]2)c(CSSC[C@H](NC(=O)CC[C@H](N)C(=O)O)C(=O)NCC(=O)O)c1C.[Cl-]. The first-order chi connectivity index (χ1) is 20.7. The summed E-state index contributed by atoms with van der Waals surface area (Å²) >= 11 is 0. The fraction of sp³-hybridized carbons (Fsp3) is 0.385. The number of aromatic nitrogens is 3. The number of aromatic amines is 1. The molecule has 3 aromatic rings. The molecule has 0 saturated heterocycles. The lowest BCUT2D eigenvalue weighted by atomic mass is 10.1. The number of fused-ring (bicyclic) bond motifs is 1. The van der Waals surface area contributed by atoms with Crippen LogP contribution in [0.2, 0.25) is 0 Å². The number of imidazole rings is 1. The van der Waals surface area contributed by atoms with Gasteiger partial charge in [0.1, 0.15) is 35.6 Å². The van der Waals surface area contributed by atoms with Crippen molar-refractivity contribution in [1.82, 2.24) is 20.6 Å². The molecule has 1 aromatic carbocycles. The highest BCUT2D eigenvalue weighted by Gasteiger charge is 2.32. The number of hydrogen-bond donors (Lipinski definition) is 6. The van der Waals surface area contributed by atoms with Gasteiger partial charge in [-0.05, 0) is 31.5 Å². The molecule has 2 amide bonds. The highest BCUT2D eigenvalue weighted by molar-refractivity contribution is 8.76. The standard InChI is InChI=1S/C26H29F3N6O7S2.ClH/c1-13-19(12-44-43-11-18(23(39)31-10-22(37)38)32-21(36)6-4-15(30)24(40)41)35(8-7-20(13)42-2)25-33-16-5-3-14(26(27,28)29)9-17(16)34-25;/h3,5,7-9,15,18H,4,6,10-12,30H2,1-2H3,(H4-,31,32,33,34,36,37,38,39,40,41);1H/t15-,18-;/m0./s1. The number of carbonyl (C=O) groups excluding carboxylic acids is 2. The monoisotopic (exact) mass is 694 g/mol. The lowest BCUT2D eigenvalue weighted by molar-refractivity contribution is -0.610. The van der Waals surface area contributed by atoms with Crippen molar-refractivity contribution in [3.8, 4) is 11.7 Å². The molecule has 45 heavy (non-hydrogen) atoms. The van der Waals surface area contributed by atoms with E-state index >= 15 is 0 Å². The first-order valence-corrected chi connectivity index (χ1v) is 15.4. The third-order valence-corrected chi connectivity index (χ3v) is 8.58. The van der Waals surface area contributed by atoms with Gasteiger partial charge in [0.25, 0.3) is 0 Å². The third kappa shape index (κ3) is 10.4. The van der Waals surface area contributed by atoms with Gasteiger partial charge in [0.2, 0.25) is 11.8 Å². The molecule has 2 heterocycles. The van der Waals surface area contributed by atoms with Crippen LogP contribution in [0.3, 0.4) is 0 Å². The van der Waals surface area contributed by atoms with Crippen molar-refractivity contribution in [3.63, 3.8) is 0 Å². The summed E-state index contributed by atoms with van der Waals surface area (Å²) in [5.41, 5.74) is 6.53. The lowest BCUT2D eigenvalue weighted by Gasteiger charge is -2.18. The minimum Gasteiger partial charge on any atom is -1.00 e.